The zero-order valence-electron chi connectivity index (χ0n) is 20.2. The molecule has 5 rings (SSSR count). The van der Waals surface area contributed by atoms with Crippen LogP contribution in [0.5, 0.6) is 0 Å². The van der Waals surface area contributed by atoms with Crippen LogP contribution in [-0.4, -0.2) is 65.3 Å². The molecule has 1 aromatic carbocycles. The highest BCUT2D eigenvalue weighted by Crippen LogP contribution is 2.28. The smallest absolute Gasteiger partial charge is 0.280 e. The van der Waals surface area contributed by atoms with Crippen LogP contribution in [0.1, 0.15) is 50.1 Å². The Morgan fingerprint density at radius 2 is 1.94 bits per heavy atom. The quantitative estimate of drug-likeness (QED) is 0.406. The first kappa shape index (κ1) is 24.7. The van der Waals surface area contributed by atoms with Crippen molar-refractivity contribution in [3.05, 3.63) is 50.6 Å². The molecule has 0 saturated heterocycles. The maximum absolute atomic E-state index is 13.2. The summed E-state index contributed by atoms with van der Waals surface area (Å²) in [6.45, 7) is 1.72. The summed E-state index contributed by atoms with van der Waals surface area (Å²) < 4.78 is 0. The molecule has 0 radical (unpaired) electrons. The van der Waals surface area contributed by atoms with Gasteiger partial charge in [0, 0.05) is 59.3 Å². The van der Waals surface area contributed by atoms with Gasteiger partial charge in [0.15, 0.2) is 5.01 Å². The Bertz CT molecular complexity index is 1320. The van der Waals surface area contributed by atoms with Crippen LogP contribution in [0.15, 0.2) is 24.3 Å². The molecular weight excluding hydrogens is 500 g/mol. The lowest BCUT2D eigenvalue weighted by Crippen LogP contribution is -2.55. The minimum atomic E-state index is -0.409. The Morgan fingerprint density at radius 1 is 1.14 bits per heavy atom. The van der Waals surface area contributed by atoms with Gasteiger partial charge < -0.3 is 25.8 Å². The van der Waals surface area contributed by atoms with Crippen molar-refractivity contribution in [1.82, 2.24) is 30.8 Å². The second kappa shape index (κ2) is 10.2. The maximum Gasteiger partial charge on any atom is 0.280 e. The number of halogens is 1. The highest BCUT2D eigenvalue weighted by Gasteiger charge is 2.36. The Labute approximate surface area is 218 Å². The summed E-state index contributed by atoms with van der Waals surface area (Å²) in [7, 11) is 3.67. The van der Waals surface area contributed by atoms with Gasteiger partial charge in [0.05, 0.1) is 11.7 Å². The molecule has 2 aromatic heterocycles. The number of carbonyl (C=O) groups is 3. The van der Waals surface area contributed by atoms with E-state index in [9.17, 15) is 14.4 Å². The van der Waals surface area contributed by atoms with Gasteiger partial charge in [-0.1, -0.05) is 11.6 Å². The lowest BCUT2D eigenvalue weighted by Gasteiger charge is -2.36. The van der Waals surface area contributed by atoms with E-state index in [1.54, 1.807) is 25.2 Å². The maximum atomic E-state index is 13.2. The van der Waals surface area contributed by atoms with E-state index in [2.05, 4.69) is 37.9 Å². The Hall–Kier alpha value is -2.95. The molecule has 3 amide bonds. The van der Waals surface area contributed by atoms with E-state index in [1.165, 1.54) is 11.3 Å². The van der Waals surface area contributed by atoms with Crippen LogP contribution >= 0.6 is 22.9 Å². The Balaban J connectivity index is 1.33. The van der Waals surface area contributed by atoms with Crippen molar-refractivity contribution in [1.29, 1.82) is 0 Å². The molecule has 11 heteroatoms. The number of rotatable bonds is 5. The summed E-state index contributed by atoms with van der Waals surface area (Å²) in [4.78, 5) is 49.7. The number of aromatic amines is 1. The molecule has 190 valence electrons. The van der Waals surface area contributed by atoms with Crippen molar-refractivity contribution < 1.29 is 14.4 Å². The number of H-pyrrole nitrogens is 1. The zero-order chi connectivity index (χ0) is 25.4. The normalized spacial score (nSPS) is 22.1. The van der Waals surface area contributed by atoms with Crippen LogP contribution in [0.2, 0.25) is 5.02 Å². The molecule has 1 aliphatic heterocycles. The molecule has 1 saturated carbocycles. The number of carbonyl (C=O) groups excluding carboxylic acids is 3. The van der Waals surface area contributed by atoms with Crippen LogP contribution in [0.25, 0.3) is 10.9 Å². The fraction of sp³-hybridized carbons (Fsp3) is 0.440. The first-order valence-electron chi connectivity index (χ1n) is 12.1. The lowest BCUT2D eigenvalue weighted by molar-refractivity contribution is -0.125. The third kappa shape index (κ3) is 5.11. The van der Waals surface area contributed by atoms with Crippen molar-refractivity contribution in [3.8, 4) is 0 Å². The Kier molecular flexibility index (Phi) is 7.00. The SMILES string of the molecule is CNC(=O)[C@H]1CCC(NC(=O)c2nc3c(s2)CN(C)CC3)C(NC(=O)c2cc3cc(Cl)ccc3[nH]2)C1. The summed E-state index contributed by atoms with van der Waals surface area (Å²) in [5.41, 5.74) is 2.20. The van der Waals surface area contributed by atoms with Gasteiger partial charge in [-0.15, -0.1) is 11.3 Å². The fourth-order valence-electron chi connectivity index (χ4n) is 5.07. The van der Waals surface area contributed by atoms with Gasteiger partial charge in [0.2, 0.25) is 5.91 Å². The van der Waals surface area contributed by atoms with Crippen LogP contribution < -0.4 is 16.0 Å². The van der Waals surface area contributed by atoms with E-state index in [0.717, 1.165) is 41.0 Å². The average molecular weight is 529 g/mol. The summed E-state index contributed by atoms with van der Waals surface area (Å²) in [5, 5.41) is 10.7. The summed E-state index contributed by atoms with van der Waals surface area (Å²) in [6.07, 6.45) is 2.47. The second-order valence-electron chi connectivity index (χ2n) is 9.58. The van der Waals surface area contributed by atoms with E-state index in [0.29, 0.717) is 35.0 Å². The molecule has 9 nitrogen and oxygen atoms in total. The fourth-order valence-corrected chi connectivity index (χ4v) is 6.34. The molecular formula is C25H29ClN6O3S. The van der Waals surface area contributed by atoms with E-state index in [-0.39, 0.29) is 29.7 Å². The van der Waals surface area contributed by atoms with Crippen molar-refractivity contribution in [2.45, 2.75) is 44.3 Å². The molecule has 3 atom stereocenters. The van der Waals surface area contributed by atoms with Gasteiger partial charge in [-0.25, -0.2) is 4.98 Å². The van der Waals surface area contributed by atoms with Crippen LogP contribution in [0.3, 0.4) is 0 Å². The van der Waals surface area contributed by atoms with Gasteiger partial charge in [-0.2, -0.15) is 0 Å². The molecule has 1 aliphatic carbocycles. The molecule has 2 unspecified atom stereocenters. The second-order valence-corrected chi connectivity index (χ2v) is 11.1. The number of likely N-dealkylation sites (N-methyl/N-ethyl adjacent to an activating group) is 1. The number of benzene rings is 1. The molecule has 4 N–H and O–H groups in total. The molecule has 0 bridgehead atoms. The highest BCUT2D eigenvalue weighted by atomic mass is 35.5. The predicted octanol–water partition coefficient (Wildman–Crippen LogP) is 2.71. The largest absolute Gasteiger partial charge is 0.359 e. The van der Waals surface area contributed by atoms with Gasteiger partial charge in [0.25, 0.3) is 11.8 Å². The third-order valence-electron chi connectivity index (χ3n) is 7.04. The molecule has 3 aromatic rings. The van der Waals surface area contributed by atoms with Gasteiger partial charge in [-0.3, -0.25) is 14.4 Å². The summed E-state index contributed by atoms with van der Waals surface area (Å²) >= 11 is 7.51. The van der Waals surface area contributed by atoms with Gasteiger partial charge in [0.1, 0.15) is 5.69 Å². The van der Waals surface area contributed by atoms with Crippen LogP contribution in [0, 0.1) is 5.92 Å². The number of nitrogens with one attached hydrogen (secondary N) is 4. The number of thiazole rings is 1. The topological polar surface area (TPSA) is 119 Å². The van der Waals surface area contributed by atoms with Crippen LogP contribution in [-0.2, 0) is 17.8 Å². The number of hydrogen-bond acceptors (Lipinski definition) is 6. The number of hydrogen-bond donors (Lipinski definition) is 4. The van der Waals surface area contributed by atoms with E-state index in [4.69, 9.17) is 11.6 Å². The first-order chi connectivity index (χ1) is 17.3. The van der Waals surface area contributed by atoms with E-state index in [1.807, 2.05) is 6.07 Å². The summed E-state index contributed by atoms with van der Waals surface area (Å²) in [6, 6.07) is 6.40. The van der Waals surface area contributed by atoms with Crippen molar-refractivity contribution in [2.24, 2.45) is 5.92 Å². The van der Waals surface area contributed by atoms with E-state index >= 15 is 0 Å². The van der Waals surface area contributed by atoms with E-state index < -0.39 is 6.04 Å². The number of nitrogens with zero attached hydrogens (tertiary/aromatic N) is 2. The van der Waals surface area contributed by atoms with Crippen LogP contribution in [0.4, 0.5) is 0 Å². The monoisotopic (exact) mass is 528 g/mol. The number of aromatic nitrogens is 2. The first-order valence-corrected chi connectivity index (χ1v) is 13.3. The highest BCUT2D eigenvalue weighted by molar-refractivity contribution is 7.13. The van der Waals surface area contributed by atoms with Gasteiger partial charge in [-0.05, 0) is 50.6 Å². The number of amides is 3. The predicted molar refractivity (Wildman–Crippen MR) is 139 cm³/mol. The summed E-state index contributed by atoms with van der Waals surface area (Å²) in [5.74, 6) is -0.828. The molecule has 2 aliphatic rings. The third-order valence-corrected chi connectivity index (χ3v) is 8.36. The molecule has 0 spiro atoms. The van der Waals surface area contributed by atoms with Crippen molar-refractivity contribution in [2.75, 3.05) is 20.6 Å². The molecule has 36 heavy (non-hydrogen) atoms. The lowest BCUT2D eigenvalue weighted by atomic mass is 9.81. The standard InChI is InChI=1S/C25H29ClN6O3S/c1-27-22(33)13-3-5-17(29-24(35)25-31-18-7-8-32(2)12-21(18)36-25)19(10-13)30-23(34)20-11-14-9-15(26)4-6-16(14)28-20/h4,6,9,11,13,17,19,28H,3,5,7-8,10,12H2,1-2H3,(H,27,33)(H,29,35)(H,30,34)/t13-,17?,19?/m0/s1. The zero-order valence-corrected chi connectivity index (χ0v) is 21.8. The minimum absolute atomic E-state index is 0.0593. The minimum Gasteiger partial charge on any atom is -0.359 e. The molecule has 1 fully saturated rings. The van der Waals surface area contributed by atoms with Gasteiger partial charge >= 0.3 is 0 Å². The van der Waals surface area contributed by atoms with Crippen molar-refractivity contribution >= 4 is 51.6 Å². The average Bonchev–Trinajstić information content (AvgIpc) is 3.48. The molecule has 3 heterocycles. The van der Waals surface area contributed by atoms with Crippen molar-refractivity contribution in [3.63, 3.8) is 0 Å². The number of fused-ring (bicyclic) bond motifs is 2. The Morgan fingerprint density at radius 3 is 2.75 bits per heavy atom.